The maximum atomic E-state index is 13.4. The first-order valence-corrected chi connectivity index (χ1v) is 16.3. The van der Waals surface area contributed by atoms with Crippen LogP contribution in [0.5, 0.6) is 0 Å². The van der Waals surface area contributed by atoms with E-state index in [1.807, 2.05) is 6.92 Å². The number of carbonyl (C=O) groups is 5. The molecule has 0 spiro atoms. The van der Waals surface area contributed by atoms with Gasteiger partial charge in [-0.25, -0.2) is 9.59 Å². The smallest absolute Gasteiger partial charge is 0.457 e. The van der Waals surface area contributed by atoms with Crippen molar-refractivity contribution in [3.8, 4) is 0 Å². The molecule has 3 aliphatic rings. The number of aliphatic hydroxyl groups excluding tert-OH is 1. The van der Waals surface area contributed by atoms with Gasteiger partial charge in [0.1, 0.15) is 34.8 Å². The number of benzene rings is 1. The maximum Gasteiger partial charge on any atom is 0.509 e. The number of aromatic nitrogens is 2. The average molecular weight is 700 g/mol. The molecule has 4 heterocycles. The average Bonchev–Trinajstić information content (AvgIpc) is 3.58. The minimum absolute atomic E-state index is 0. The standard InChI is InChI=1S/C27H29N5O9S3.ClH/c1-11(28)20(33)15-6-4-5-7-16(15)21(34)22(35)29-18-23(36)32-19(25(37)39-8-17-12(2)40-27(38)41-17)14(9-42-24(18)32)10-43-26-31-30-13(3)44-26;/h4-7,11-12,17-18,21,24,34H,8-10,28H2,1-3H3,(H,29,35);1H/t11-,12?,17?,18?,21?,24-;/m0./s1. The number of nitrogens with zero attached hydrogens (tertiary/aromatic N) is 3. The topological polar surface area (TPSA) is 200 Å². The zero-order valence-corrected chi connectivity index (χ0v) is 27.4. The molecular formula is C27H30ClN5O9S3. The van der Waals surface area contributed by atoms with E-state index in [1.165, 1.54) is 58.8 Å². The van der Waals surface area contributed by atoms with E-state index in [-0.39, 0.29) is 35.8 Å². The lowest BCUT2D eigenvalue weighted by Crippen LogP contribution is -2.71. The van der Waals surface area contributed by atoms with Crippen LogP contribution in [0, 0.1) is 6.92 Å². The van der Waals surface area contributed by atoms with Crippen LogP contribution in [-0.2, 0) is 28.6 Å². The lowest BCUT2D eigenvalue weighted by atomic mass is 9.95. The molecule has 14 nitrogen and oxygen atoms in total. The van der Waals surface area contributed by atoms with Gasteiger partial charge in [-0.1, -0.05) is 47.4 Å². The van der Waals surface area contributed by atoms with Crippen LogP contribution in [0.15, 0.2) is 39.9 Å². The molecule has 2 saturated heterocycles. The molecule has 6 atom stereocenters. The van der Waals surface area contributed by atoms with Crippen molar-refractivity contribution >= 4 is 77.0 Å². The third-order valence-corrected chi connectivity index (χ3v) is 10.4. The summed E-state index contributed by atoms with van der Waals surface area (Å²) < 4.78 is 16.1. The van der Waals surface area contributed by atoms with Crippen molar-refractivity contribution in [1.29, 1.82) is 0 Å². The minimum Gasteiger partial charge on any atom is -0.457 e. The predicted octanol–water partition coefficient (Wildman–Crippen LogP) is 1.75. The van der Waals surface area contributed by atoms with Gasteiger partial charge < -0.3 is 30.4 Å². The van der Waals surface area contributed by atoms with Crippen LogP contribution in [-0.4, -0.2) is 97.7 Å². The highest BCUT2D eigenvalue weighted by Gasteiger charge is 2.55. The van der Waals surface area contributed by atoms with Gasteiger partial charge in [0, 0.05) is 22.6 Å². The quantitative estimate of drug-likeness (QED) is 0.133. The van der Waals surface area contributed by atoms with Crippen LogP contribution < -0.4 is 11.1 Å². The van der Waals surface area contributed by atoms with Gasteiger partial charge in [-0.05, 0) is 26.3 Å². The highest BCUT2D eigenvalue weighted by atomic mass is 35.5. The Morgan fingerprint density at radius 2 is 1.98 bits per heavy atom. The van der Waals surface area contributed by atoms with Gasteiger partial charge in [0.2, 0.25) is 0 Å². The number of thioether (sulfide) groups is 2. The number of carbonyl (C=O) groups excluding carboxylic acids is 5. The van der Waals surface area contributed by atoms with Crippen molar-refractivity contribution in [3.05, 3.63) is 51.7 Å². The number of fused-ring (bicyclic) bond motifs is 1. The molecule has 1 aromatic carbocycles. The van der Waals surface area contributed by atoms with E-state index in [4.69, 9.17) is 19.9 Å². The molecule has 0 bridgehead atoms. The van der Waals surface area contributed by atoms with Gasteiger partial charge in [0.25, 0.3) is 11.8 Å². The van der Waals surface area contributed by atoms with Crippen molar-refractivity contribution in [3.63, 3.8) is 0 Å². The summed E-state index contributed by atoms with van der Waals surface area (Å²) in [6.07, 6.45) is -4.04. The van der Waals surface area contributed by atoms with Crippen LogP contribution >= 0.6 is 47.3 Å². The molecule has 2 fully saturated rings. The first kappa shape index (κ1) is 34.6. The number of hydrogen-bond acceptors (Lipinski definition) is 15. The largest absolute Gasteiger partial charge is 0.509 e. The molecule has 3 aliphatic heterocycles. The molecule has 45 heavy (non-hydrogen) atoms. The Bertz CT molecular complexity index is 1540. The number of aryl methyl sites for hydroxylation is 1. The number of esters is 1. The van der Waals surface area contributed by atoms with E-state index in [2.05, 4.69) is 15.5 Å². The summed E-state index contributed by atoms with van der Waals surface area (Å²) in [6.45, 7) is 4.65. The number of β-lactam (4-membered cyclic amide) rings is 1. The summed E-state index contributed by atoms with van der Waals surface area (Å²) in [4.78, 5) is 65.2. The Hall–Kier alpha value is -3.22. The third-order valence-electron chi connectivity index (χ3n) is 7.03. The lowest BCUT2D eigenvalue weighted by molar-refractivity contribution is -0.154. The van der Waals surface area contributed by atoms with Crippen LogP contribution in [0.3, 0.4) is 0 Å². The summed E-state index contributed by atoms with van der Waals surface area (Å²) in [6, 6.07) is 4.17. The number of ether oxygens (including phenoxy) is 3. The number of nitrogens with two attached hydrogens (primary N) is 1. The lowest BCUT2D eigenvalue weighted by Gasteiger charge is -2.49. The number of rotatable bonds is 11. The van der Waals surface area contributed by atoms with Crippen LogP contribution in [0.2, 0.25) is 0 Å². The molecule has 0 saturated carbocycles. The number of halogens is 1. The fourth-order valence-corrected chi connectivity index (χ4v) is 8.02. The highest BCUT2D eigenvalue weighted by Crippen LogP contribution is 2.42. The molecule has 4 N–H and O–H groups in total. The number of cyclic esters (lactones) is 2. The van der Waals surface area contributed by atoms with Gasteiger partial charge >= 0.3 is 12.1 Å². The molecule has 4 unspecified atom stereocenters. The molecule has 0 aliphatic carbocycles. The van der Waals surface area contributed by atoms with E-state index in [1.54, 1.807) is 19.1 Å². The van der Waals surface area contributed by atoms with Crippen LogP contribution in [0.25, 0.3) is 0 Å². The zero-order valence-electron chi connectivity index (χ0n) is 24.2. The van der Waals surface area contributed by atoms with Gasteiger partial charge in [-0.2, -0.15) is 0 Å². The van der Waals surface area contributed by atoms with E-state index < -0.39 is 65.5 Å². The minimum atomic E-state index is -1.75. The molecule has 0 radical (unpaired) electrons. The first-order chi connectivity index (χ1) is 21.0. The van der Waals surface area contributed by atoms with Crippen molar-refractivity contribution in [2.75, 3.05) is 18.1 Å². The Labute approximate surface area is 276 Å². The predicted molar refractivity (Wildman–Crippen MR) is 166 cm³/mol. The number of aliphatic hydroxyl groups is 1. The molecule has 18 heteroatoms. The summed E-state index contributed by atoms with van der Waals surface area (Å²) in [5, 5.41) is 21.6. The Morgan fingerprint density at radius 3 is 2.62 bits per heavy atom. The van der Waals surface area contributed by atoms with Crippen molar-refractivity contribution in [2.24, 2.45) is 5.73 Å². The molecule has 1 aromatic heterocycles. The third kappa shape index (κ3) is 7.28. The van der Waals surface area contributed by atoms with Crippen LogP contribution in [0.1, 0.15) is 40.9 Å². The molecule has 242 valence electrons. The number of ketones is 1. The van der Waals surface area contributed by atoms with Gasteiger partial charge in [-0.15, -0.1) is 34.4 Å². The highest BCUT2D eigenvalue weighted by molar-refractivity contribution is 8.01. The van der Waals surface area contributed by atoms with E-state index >= 15 is 0 Å². The normalized spacial score (nSPS) is 23.5. The number of Topliss-reactive ketones (excluding diaryl/α,β-unsaturated/α-hetero) is 1. The number of nitrogens with one attached hydrogen (secondary N) is 1. The van der Waals surface area contributed by atoms with Crippen molar-refractivity contribution in [1.82, 2.24) is 20.4 Å². The van der Waals surface area contributed by atoms with Gasteiger partial charge in [0.05, 0.1) is 6.04 Å². The first-order valence-electron chi connectivity index (χ1n) is 13.5. The summed E-state index contributed by atoms with van der Waals surface area (Å²) in [7, 11) is 0. The molecular weight excluding hydrogens is 670 g/mol. The Balaban J connectivity index is 0.00000461. The van der Waals surface area contributed by atoms with E-state index in [0.717, 1.165) is 5.01 Å². The molecule has 2 amide bonds. The zero-order chi connectivity index (χ0) is 31.7. The Kier molecular flexibility index (Phi) is 11.1. The van der Waals surface area contributed by atoms with Gasteiger partial charge in [-0.3, -0.25) is 19.3 Å². The second-order valence-corrected chi connectivity index (χ2v) is 13.7. The number of hydrogen-bond donors (Lipinski definition) is 3. The fraction of sp³-hybridized carbons (Fsp3) is 0.444. The maximum absolute atomic E-state index is 13.4. The van der Waals surface area contributed by atoms with Gasteiger partial charge in [0.15, 0.2) is 22.3 Å². The van der Waals surface area contributed by atoms with Crippen LogP contribution in [0.4, 0.5) is 4.79 Å². The van der Waals surface area contributed by atoms with E-state index in [9.17, 15) is 29.1 Å². The Morgan fingerprint density at radius 1 is 1.24 bits per heavy atom. The monoisotopic (exact) mass is 699 g/mol. The molecule has 5 rings (SSSR count). The number of amides is 2. The fourth-order valence-electron chi connectivity index (χ4n) is 4.72. The second kappa shape index (κ2) is 14.5. The van der Waals surface area contributed by atoms with Crippen molar-refractivity contribution in [2.45, 2.75) is 60.9 Å². The van der Waals surface area contributed by atoms with E-state index in [0.29, 0.717) is 21.4 Å². The summed E-state index contributed by atoms with van der Waals surface area (Å²) in [5.41, 5.74) is 6.54. The summed E-state index contributed by atoms with van der Waals surface area (Å²) in [5.74, 6) is -2.05. The molecule has 2 aromatic rings. The van der Waals surface area contributed by atoms with Crippen molar-refractivity contribution < 1.29 is 43.3 Å². The second-order valence-electron chi connectivity index (χ2n) is 10.2. The SMILES string of the molecule is Cc1nnc(SCC2=C(C(=O)OCC3OC(=O)OC3C)N3C(=O)C(NC(=O)C(O)c4ccccc4C(=O)[C@H](C)N)[C@@H]3SC2)s1.Cl. The summed E-state index contributed by atoms with van der Waals surface area (Å²) >= 11 is 4.09.